The van der Waals surface area contributed by atoms with Crippen LogP contribution >= 0.6 is 0 Å². The van der Waals surface area contributed by atoms with Crippen molar-refractivity contribution in [1.29, 1.82) is 0 Å². The van der Waals surface area contributed by atoms with Crippen molar-refractivity contribution >= 4 is 11.8 Å². The van der Waals surface area contributed by atoms with Crippen molar-refractivity contribution in [2.45, 2.75) is 45.6 Å². The lowest BCUT2D eigenvalue weighted by atomic mass is 9.60. The van der Waals surface area contributed by atoms with Crippen molar-refractivity contribution in [2.75, 3.05) is 0 Å². The number of fused-ring (bicyclic) bond motifs is 2. The van der Waals surface area contributed by atoms with Crippen LogP contribution in [0.4, 0.5) is 0 Å². The topological polar surface area (TPSA) is 43.4 Å². The fourth-order valence-electron chi connectivity index (χ4n) is 3.75. The highest BCUT2D eigenvalue weighted by atomic mass is 16.6. The third-order valence-corrected chi connectivity index (χ3v) is 5.00. The number of ether oxygens (including phenoxy) is 1. The second-order valence-corrected chi connectivity index (χ2v) is 6.07. The standard InChI is InChI=1S/C15H18O3/c1-8-10-6-11-9(2)12(16)4-5-15(11,3)7-13(10)18-14(8)17/h10,13H,1,4-7H2,2-3H3. The molecule has 2 fully saturated rings. The van der Waals surface area contributed by atoms with Crippen LogP contribution in [0.15, 0.2) is 23.3 Å². The Morgan fingerprint density at radius 1 is 1.39 bits per heavy atom. The monoisotopic (exact) mass is 246 g/mol. The highest BCUT2D eigenvalue weighted by Crippen LogP contribution is 2.54. The molecule has 1 aliphatic heterocycles. The fraction of sp³-hybridized carbons (Fsp3) is 0.600. The van der Waals surface area contributed by atoms with E-state index >= 15 is 0 Å². The zero-order chi connectivity index (χ0) is 13.1. The third-order valence-electron chi connectivity index (χ3n) is 5.00. The summed E-state index contributed by atoms with van der Waals surface area (Å²) in [4.78, 5) is 23.4. The van der Waals surface area contributed by atoms with Crippen LogP contribution in [0.25, 0.3) is 0 Å². The summed E-state index contributed by atoms with van der Waals surface area (Å²) in [6.07, 6.45) is 3.08. The zero-order valence-corrected chi connectivity index (χ0v) is 10.9. The van der Waals surface area contributed by atoms with Gasteiger partial charge in [-0.15, -0.1) is 0 Å². The number of carbonyl (C=O) groups is 2. The summed E-state index contributed by atoms with van der Waals surface area (Å²) in [5.74, 6) is 0.0926. The van der Waals surface area contributed by atoms with E-state index in [1.807, 2.05) is 6.92 Å². The molecular weight excluding hydrogens is 228 g/mol. The van der Waals surface area contributed by atoms with Crippen LogP contribution < -0.4 is 0 Å². The number of carbonyl (C=O) groups excluding carboxylic acids is 2. The van der Waals surface area contributed by atoms with E-state index < -0.39 is 0 Å². The molecule has 96 valence electrons. The van der Waals surface area contributed by atoms with Crippen molar-refractivity contribution in [2.24, 2.45) is 11.3 Å². The van der Waals surface area contributed by atoms with Gasteiger partial charge in [0.15, 0.2) is 5.78 Å². The Balaban J connectivity index is 2.02. The van der Waals surface area contributed by atoms with E-state index in [0.717, 1.165) is 24.8 Å². The lowest BCUT2D eigenvalue weighted by molar-refractivity contribution is -0.141. The molecule has 3 unspecified atom stereocenters. The van der Waals surface area contributed by atoms with Crippen molar-refractivity contribution in [1.82, 2.24) is 0 Å². The Kier molecular flexibility index (Phi) is 2.31. The van der Waals surface area contributed by atoms with E-state index in [0.29, 0.717) is 12.0 Å². The quantitative estimate of drug-likeness (QED) is 0.487. The van der Waals surface area contributed by atoms with Crippen molar-refractivity contribution in [3.05, 3.63) is 23.3 Å². The molecule has 1 heterocycles. The first-order valence-corrected chi connectivity index (χ1v) is 6.55. The van der Waals surface area contributed by atoms with Crippen molar-refractivity contribution in [3.63, 3.8) is 0 Å². The molecule has 1 saturated heterocycles. The maximum Gasteiger partial charge on any atom is 0.334 e. The van der Waals surface area contributed by atoms with Crippen molar-refractivity contribution in [3.8, 4) is 0 Å². The van der Waals surface area contributed by atoms with Crippen LogP contribution in [0.5, 0.6) is 0 Å². The van der Waals surface area contributed by atoms with Gasteiger partial charge < -0.3 is 4.74 Å². The normalized spacial score (nSPS) is 39.6. The number of ketones is 1. The van der Waals surface area contributed by atoms with Gasteiger partial charge in [0.25, 0.3) is 0 Å². The summed E-state index contributed by atoms with van der Waals surface area (Å²) < 4.78 is 5.41. The summed E-state index contributed by atoms with van der Waals surface area (Å²) in [5.41, 5.74) is 2.76. The van der Waals surface area contributed by atoms with E-state index in [-0.39, 0.29) is 29.2 Å². The van der Waals surface area contributed by atoms with Crippen LogP contribution in [-0.4, -0.2) is 17.9 Å². The summed E-state index contributed by atoms with van der Waals surface area (Å²) in [5, 5.41) is 0. The highest BCUT2D eigenvalue weighted by Gasteiger charge is 2.50. The molecule has 3 nitrogen and oxygen atoms in total. The van der Waals surface area contributed by atoms with Crippen molar-refractivity contribution < 1.29 is 14.3 Å². The molecule has 0 aromatic carbocycles. The molecule has 0 spiro atoms. The number of allylic oxidation sites excluding steroid dienone is 2. The van der Waals surface area contributed by atoms with Gasteiger partial charge in [0.05, 0.1) is 0 Å². The minimum absolute atomic E-state index is 0.0280. The first kappa shape index (κ1) is 11.7. The maximum atomic E-state index is 11.9. The van der Waals surface area contributed by atoms with Gasteiger partial charge in [-0.3, -0.25) is 4.79 Å². The van der Waals surface area contributed by atoms with Gasteiger partial charge in [-0.1, -0.05) is 19.1 Å². The molecular formula is C15H18O3. The molecule has 1 saturated carbocycles. The number of esters is 1. The van der Waals surface area contributed by atoms with E-state index in [1.165, 1.54) is 5.57 Å². The number of hydrogen-bond donors (Lipinski definition) is 0. The van der Waals surface area contributed by atoms with E-state index in [2.05, 4.69) is 13.5 Å². The summed E-state index contributed by atoms with van der Waals surface area (Å²) in [6.45, 7) is 7.97. The molecule has 3 aliphatic rings. The van der Waals surface area contributed by atoms with Crippen LogP contribution in [-0.2, 0) is 14.3 Å². The minimum Gasteiger partial charge on any atom is -0.458 e. The third kappa shape index (κ3) is 1.43. The van der Waals surface area contributed by atoms with Gasteiger partial charge in [0.1, 0.15) is 6.10 Å². The molecule has 3 heteroatoms. The Hall–Kier alpha value is -1.38. The molecule has 0 aromatic heterocycles. The average Bonchev–Trinajstić information content (AvgIpc) is 2.58. The Morgan fingerprint density at radius 2 is 2.11 bits per heavy atom. The Labute approximate surface area is 107 Å². The van der Waals surface area contributed by atoms with Gasteiger partial charge in [-0.05, 0) is 37.2 Å². The summed E-state index contributed by atoms with van der Waals surface area (Å²) in [7, 11) is 0. The fourth-order valence-corrected chi connectivity index (χ4v) is 3.75. The second kappa shape index (κ2) is 3.56. The van der Waals surface area contributed by atoms with E-state index in [4.69, 9.17) is 4.74 Å². The van der Waals surface area contributed by atoms with Crippen LogP contribution in [0.1, 0.15) is 39.5 Å². The number of hydrogen-bond acceptors (Lipinski definition) is 3. The van der Waals surface area contributed by atoms with Crippen LogP contribution in [0, 0.1) is 11.3 Å². The average molecular weight is 246 g/mol. The first-order valence-electron chi connectivity index (χ1n) is 6.55. The minimum atomic E-state index is -0.253. The molecule has 0 amide bonds. The molecule has 2 aliphatic carbocycles. The van der Waals surface area contributed by atoms with Gasteiger partial charge in [0, 0.05) is 17.9 Å². The summed E-state index contributed by atoms with van der Waals surface area (Å²) >= 11 is 0. The van der Waals surface area contributed by atoms with E-state index in [9.17, 15) is 9.59 Å². The van der Waals surface area contributed by atoms with Gasteiger partial charge in [-0.25, -0.2) is 4.79 Å². The predicted molar refractivity (Wildman–Crippen MR) is 66.8 cm³/mol. The number of Topliss-reactive ketones (excluding diaryl/α,β-unsaturated/α-hetero) is 1. The van der Waals surface area contributed by atoms with Gasteiger partial charge in [-0.2, -0.15) is 0 Å². The molecule has 3 atom stereocenters. The molecule has 18 heavy (non-hydrogen) atoms. The maximum absolute atomic E-state index is 11.9. The molecule has 0 radical (unpaired) electrons. The predicted octanol–water partition coefficient (Wildman–Crippen LogP) is 2.56. The summed E-state index contributed by atoms with van der Waals surface area (Å²) in [6, 6.07) is 0. The lowest BCUT2D eigenvalue weighted by Gasteiger charge is -2.44. The highest BCUT2D eigenvalue weighted by molar-refractivity contribution is 5.97. The van der Waals surface area contributed by atoms with Crippen LogP contribution in [0.2, 0.25) is 0 Å². The lowest BCUT2D eigenvalue weighted by Crippen LogP contribution is -2.39. The van der Waals surface area contributed by atoms with Gasteiger partial charge >= 0.3 is 5.97 Å². The smallest absolute Gasteiger partial charge is 0.334 e. The number of rotatable bonds is 0. The molecule has 0 bridgehead atoms. The van der Waals surface area contributed by atoms with Gasteiger partial charge in [0.2, 0.25) is 0 Å². The molecule has 0 N–H and O–H groups in total. The van der Waals surface area contributed by atoms with E-state index in [1.54, 1.807) is 0 Å². The Bertz CT molecular complexity index is 500. The second-order valence-electron chi connectivity index (χ2n) is 6.07. The zero-order valence-electron chi connectivity index (χ0n) is 10.9. The Morgan fingerprint density at radius 3 is 2.83 bits per heavy atom. The largest absolute Gasteiger partial charge is 0.458 e. The molecule has 3 rings (SSSR count). The van der Waals surface area contributed by atoms with Crippen LogP contribution in [0.3, 0.4) is 0 Å². The SMILES string of the molecule is C=C1C(=O)OC2CC3(C)CCC(=O)C(C)=C3CC12. The molecule has 0 aromatic rings. The first-order chi connectivity index (χ1) is 8.42.